The third-order valence-corrected chi connectivity index (χ3v) is 4.18. The zero-order valence-corrected chi connectivity index (χ0v) is 13.9. The maximum atomic E-state index is 12.8. The SMILES string of the molecule is [NH3+]C(C(=O)c1ccc2ccccc2c1)C(=N/O)/C(=N/O)c1ccccc1. The van der Waals surface area contributed by atoms with E-state index in [1.165, 1.54) is 0 Å². The van der Waals surface area contributed by atoms with E-state index in [2.05, 4.69) is 16.0 Å². The van der Waals surface area contributed by atoms with Crippen LogP contribution < -0.4 is 5.73 Å². The van der Waals surface area contributed by atoms with Crippen LogP contribution in [0.1, 0.15) is 15.9 Å². The molecule has 1 unspecified atom stereocenters. The van der Waals surface area contributed by atoms with Crippen LogP contribution in [0.15, 0.2) is 83.1 Å². The number of hydrogen-bond acceptors (Lipinski definition) is 5. The monoisotopic (exact) mass is 348 g/mol. The van der Waals surface area contributed by atoms with Gasteiger partial charge in [0.05, 0.1) is 0 Å². The Morgan fingerprint density at radius 2 is 1.46 bits per heavy atom. The highest BCUT2D eigenvalue weighted by Gasteiger charge is 2.31. The zero-order valence-electron chi connectivity index (χ0n) is 13.9. The first kappa shape index (κ1) is 17.3. The number of hydrogen-bond donors (Lipinski definition) is 3. The van der Waals surface area contributed by atoms with Crippen LogP contribution in [-0.2, 0) is 0 Å². The Bertz CT molecular complexity index is 997. The van der Waals surface area contributed by atoms with Gasteiger partial charge in [-0.1, -0.05) is 77.0 Å². The van der Waals surface area contributed by atoms with Crippen molar-refractivity contribution in [3.05, 3.63) is 83.9 Å². The van der Waals surface area contributed by atoms with Crippen LogP contribution in [-0.4, -0.2) is 33.7 Å². The van der Waals surface area contributed by atoms with E-state index in [9.17, 15) is 15.2 Å². The summed E-state index contributed by atoms with van der Waals surface area (Å²) in [6, 6.07) is 20.6. The first-order valence-electron chi connectivity index (χ1n) is 8.01. The summed E-state index contributed by atoms with van der Waals surface area (Å²) in [5.74, 6) is -0.333. The van der Waals surface area contributed by atoms with E-state index in [-0.39, 0.29) is 17.2 Å². The van der Waals surface area contributed by atoms with E-state index >= 15 is 0 Å². The molecule has 0 spiro atoms. The molecule has 1 atom stereocenters. The number of carbonyl (C=O) groups excluding carboxylic acids is 1. The molecular formula is C20H18N3O3+. The van der Waals surface area contributed by atoms with Gasteiger partial charge in [-0.15, -0.1) is 0 Å². The molecule has 0 aliphatic heterocycles. The summed E-state index contributed by atoms with van der Waals surface area (Å²) < 4.78 is 0. The molecule has 0 aliphatic rings. The van der Waals surface area contributed by atoms with E-state index in [4.69, 9.17) is 0 Å². The third kappa shape index (κ3) is 3.31. The molecule has 130 valence electrons. The average Bonchev–Trinajstić information content (AvgIpc) is 2.71. The highest BCUT2D eigenvalue weighted by atomic mass is 16.4. The van der Waals surface area contributed by atoms with Gasteiger partial charge in [-0.3, -0.25) is 4.79 Å². The topological polar surface area (TPSA) is 110 Å². The van der Waals surface area contributed by atoms with Crippen molar-refractivity contribution in [2.75, 3.05) is 0 Å². The van der Waals surface area contributed by atoms with Gasteiger partial charge in [-0.05, 0) is 16.8 Å². The minimum Gasteiger partial charge on any atom is -0.410 e. The molecule has 0 heterocycles. The normalized spacial score (nSPS) is 13.6. The molecule has 0 amide bonds. The molecule has 0 radical (unpaired) electrons. The average molecular weight is 348 g/mol. The smallest absolute Gasteiger partial charge is 0.226 e. The van der Waals surface area contributed by atoms with Crippen LogP contribution in [0.5, 0.6) is 0 Å². The lowest BCUT2D eigenvalue weighted by Gasteiger charge is -2.12. The summed E-state index contributed by atoms with van der Waals surface area (Å²) in [7, 11) is 0. The summed E-state index contributed by atoms with van der Waals surface area (Å²) in [5.41, 5.74) is 4.69. The van der Waals surface area contributed by atoms with E-state index in [0.717, 1.165) is 10.8 Å². The third-order valence-electron chi connectivity index (χ3n) is 4.18. The van der Waals surface area contributed by atoms with Gasteiger partial charge < -0.3 is 16.1 Å². The number of benzene rings is 3. The van der Waals surface area contributed by atoms with Crippen molar-refractivity contribution >= 4 is 28.0 Å². The van der Waals surface area contributed by atoms with E-state index in [0.29, 0.717) is 11.1 Å². The minimum absolute atomic E-state index is 0.00207. The molecule has 6 heteroatoms. The van der Waals surface area contributed by atoms with E-state index < -0.39 is 6.04 Å². The molecule has 5 N–H and O–H groups in total. The molecule has 0 bridgehead atoms. The molecule has 3 aromatic rings. The Labute approximate surface area is 149 Å². The van der Waals surface area contributed by atoms with Crippen LogP contribution in [0.2, 0.25) is 0 Å². The number of oxime groups is 2. The number of ketones is 1. The first-order chi connectivity index (χ1) is 12.7. The van der Waals surface area contributed by atoms with Gasteiger partial charge in [0.25, 0.3) is 0 Å². The molecule has 0 saturated carbocycles. The summed E-state index contributed by atoms with van der Waals surface area (Å²) in [4.78, 5) is 12.8. The van der Waals surface area contributed by atoms with Crippen LogP contribution in [0, 0.1) is 0 Å². The van der Waals surface area contributed by atoms with Gasteiger partial charge in [0.15, 0.2) is 11.8 Å². The number of carbonyl (C=O) groups is 1. The van der Waals surface area contributed by atoms with E-state index in [1.807, 2.05) is 30.3 Å². The van der Waals surface area contributed by atoms with Gasteiger partial charge in [0, 0.05) is 11.1 Å². The summed E-state index contributed by atoms with van der Waals surface area (Å²) in [6.45, 7) is 0. The number of nitrogens with zero attached hydrogens (tertiary/aromatic N) is 2. The predicted octanol–water partition coefficient (Wildman–Crippen LogP) is 2.34. The predicted molar refractivity (Wildman–Crippen MR) is 98.9 cm³/mol. The van der Waals surface area contributed by atoms with Gasteiger partial charge in [0.1, 0.15) is 5.71 Å². The van der Waals surface area contributed by atoms with E-state index in [1.54, 1.807) is 42.5 Å². The lowest BCUT2D eigenvalue weighted by molar-refractivity contribution is -0.375. The molecule has 0 aromatic heterocycles. The number of fused-ring (bicyclic) bond motifs is 1. The largest absolute Gasteiger partial charge is 0.410 e. The van der Waals surface area contributed by atoms with Crippen molar-refractivity contribution in [1.82, 2.24) is 0 Å². The maximum absolute atomic E-state index is 12.8. The molecule has 0 fully saturated rings. The molecule has 3 aromatic carbocycles. The summed E-state index contributed by atoms with van der Waals surface area (Å²) >= 11 is 0. The Morgan fingerprint density at radius 1 is 0.808 bits per heavy atom. The number of quaternary nitrogens is 1. The van der Waals surface area contributed by atoms with Crippen LogP contribution in [0.3, 0.4) is 0 Å². The lowest BCUT2D eigenvalue weighted by atomic mass is 9.94. The fourth-order valence-corrected chi connectivity index (χ4v) is 2.80. The van der Waals surface area contributed by atoms with Gasteiger partial charge in [-0.25, -0.2) is 0 Å². The molecule has 6 nitrogen and oxygen atoms in total. The van der Waals surface area contributed by atoms with Crippen molar-refractivity contribution < 1.29 is 20.9 Å². The highest BCUT2D eigenvalue weighted by Crippen LogP contribution is 2.17. The van der Waals surface area contributed by atoms with Crippen molar-refractivity contribution in [3.8, 4) is 0 Å². The fourth-order valence-electron chi connectivity index (χ4n) is 2.80. The van der Waals surface area contributed by atoms with Crippen molar-refractivity contribution in [2.24, 2.45) is 10.3 Å². The standard InChI is InChI=1S/C20H17N3O3/c21-17(19(23-26)18(22-25)14-7-2-1-3-8-14)20(24)16-11-10-13-6-4-5-9-15(13)12-16/h1-12,17,25-26H,21H2/p+1/b22-18+,23-19-. The summed E-state index contributed by atoms with van der Waals surface area (Å²) in [5, 5.41) is 27.1. The maximum Gasteiger partial charge on any atom is 0.226 e. The number of rotatable bonds is 5. The van der Waals surface area contributed by atoms with Gasteiger partial charge in [-0.2, -0.15) is 0 Å². The number of Topliss-reactive ketones (excluding diaryl/α,β-unsaturated/α-hetero) is 1. The second-order valence-corrected chi connectivity index (χ2v) is 5.78. The lowest BCUT2D eigenvalue weighted by Crippen LogP contribution is -2.70. The second-order valence-electron chi connectivity index (χ2n) is 5.78. The second kappa shape index (κ2) is 7.58. The highest BCUT2D eigenvalue weighted by molar-refractivity contribution is 6.52. The van der Waals surface area contributed by atoms with Gasteiger partial charge in [0.2, 0.25) is 5.78 Å². The van der Waals surface area contributed by atoms with Crippen molar-refractivity contribution in [1.29, 1.82) is 0 Å². The quantitative estimate of drug-likeness (QED) is 0.285. The fraction of sp³-hybridized carbons (Fsp3) is 0.0500. The Hall–Kier alpha value is -3.51. The van der Waals surface area contributed by atoms with Crippen LogP contribution in [0.25, 0.3) is 10.8 Å². The van der Waals surface area contributed by atoms with Crippen molar-refractivity contribution in [3.63, 3.8) is 0 Å². The molecule has 0 saturated heterocycles. The first-order valence-corrected chi connectivity index (χ1v) is 8.01. The zero-order chi connectivity index (χ0) is 18.5. The molecule has 3 rings (SSSR count). The Balaban J connectivity index is 1.94. The van der Waals surface area contributed by atoms with Crippen molar-refractivity contribution in [2.45, 2.75) is 6.04 Å². The van der Waals surface area contributed by atoms with Gasteiger partial charge >= 0.3 is 0 Å². The Kier molecular flexibility index (Phi) is 5.05. The van der Waals surface area contributed by atoms with Crippen LogP contribution >= 0.6 is 0 Å². The molecule has 0 aliphatic carbocycles. The summed E-state index contributed by atoms with van der Waals surface area (Å²) in [6.07, 6.45) is 0. The van der Waals surface area contributed by atoms with Crippen LogP contribution in [0.4, 0.5) is 0 Å². The Morgan fingerprint density at radius 3 is 2.12 bits per heavy atom. The molecule has 26 heavy (non-hydrogen) atoms. The minimum atomic E-state index is -1.03. The molecular weight excluding hydrogens is 330 g/mol.